The van der Waals surface area contributed by atoms with Crippen LogP contribution in [-0.2, 0) is 0 Å². The van der Waals surface area contributed by atoms with E-state index >= 15 is 0 Å². The van der Waals surface area contributed by atoms with Crippen molar-refractivity contribution < 1.29 is 4.79 Å². The maximum absolute atomic E-state index is 11.6. The van der Waals surface area contributed by atoms with Crippen molar-refractivity contribution in [2.24, 2.45) is 0 Å². The number of hydrogen-bond donors (Lipinski definition) is 0. The Kier molecular flexibility index (Phi) is 4.20. The van der Waals surface area contributed by atoms with Gasteiger partial charge in [-0.3, -0.25) is 4.79 Å². The summed E-state index contributed by atoms with van der Waals surface area (Å²) in [5.41, 5.74) is 1.06. The first kappa shape index (κ1) is 13.6. The molecule has 3 nitrogen and oxygen atoms in total. The highest BCUT2D eigenvalue weighted by atomic mass is 35.5. The summed E-state index contributed by atoms with van der Waals surface area (Å²) < 4.78 is 0. The number of aromatic nitrogens is 1. The molecule has 1 aromatic carbocycles. The Morgan fingerprint density at radius 2 is 2.21 bits per heavy atom. The summed E-state index contributed by atoms with van der Waals surface area (Å²) in [6.45, 7) is 1.49. The smallest absolute Gasteiger partial charge is 0.160 e. The minimum atomic E-state index is -0.0564. The van der Waals surface area contributed by atoms with E-state index in [4.69, 9.17) is 16.9 Å². The molecular formula is C14H9ClN2OS. The quantitative estimate of drug-likeness (QED) is 0.802. The van der Waals surface area contributed by atoms with Crippen molar-refractivity contribution >= 4 is 29.1 Å². The summed E-state index contributed by atoms with van der Waals surface area (Å²) in [6, 6.07) is 10.5. The van der Waals surface area contributed by atoms with Gasteiger partial charge in [-0.2, -0.15) is 5.26 Å². The van der Waals surface area contributed by atoms with Crippen molar-refractivity contribution in [1.29, 1.82) is 5.26 Å². The van der Waals surface area contributed by atoms with Gasteiger partial charge in [0.1, 0.15) is 5.03 Å². The lowest BCUT2D eigenvalue weighted by Gasteiger charge is -2.07. The van der Waals surface area contributed by atoms with Gasteiger partial charge in [0.2, 0.25) is 0 Å². The number of pyridine rings is 1. The third kappa shape index (κ3) is 3.14. The van der Waals surface area contributed by atoms with Crippen molar-refractivity contribution in [3.8, 4) is 6.07 Å². The molecule has 0 fully saturated rings. The number of rotatable bonds is 3. The molecule has 0 saturated heterocycles. The van der Waals surface area contributed by atoms with E-state index in [1.54, 1.807) is 36.5 Å². The van der Waals surface area contributed by atoms with E-state index in [9.17, 15) is 4.79 Å². The molecule has 5 heteroatoms. The number of ketones is 1. The molecular weight excluding hydrogens is 280 g/mol. The van der Waals surface area contributed by atoms with Crippen LogP contribution < -0.4 is 0 Å². The first-order valence-electron chi connectivity index (χ1n) is 5.45. The summed E-state index contributed by atoms with van der Waals surface area (Å²) in [4.78, 5) is 16.4. The molecule has 0 spiro atoms. The van der Waals surface area contributed by atoms with Gasteiger partial charge in [-0.25, -0.2) is 4.98 Å². The monoisotopic (exact) mass is 288 g/mol. The van der Waals surface area contributed by atoms with Gasteiger partial charge in [-0.1, -0.05) is 23.4 Å². The van der Waals surface area contributed by atoms with Crippen molar-refractivity contribution in [3.05, 3.63) is 52.7 Å². The number of nitriles is 1. The van der Waals surface area contributed by atoms with Crippen LogP contribution >= 0.6 is 23.4 Å². The SMILES string of the molecule is CC(=O)c1ccc(C#N)cc1Sc1ncccc1Cl. The van der Waals surface area contributed by atoms with E-state index in [-0.39, 0.29) is 5.78 Å². The lowest BCUT2D eigenvalue weighted by atomic mass is 10.1. The van der Waals surface area contributed by atoms with Crippen LogP contribution in [0.25, 0.3) is 0 Å². The highest BCUT2D eigenvalue weighted by Gasteiger charge is 2.12. The molecule has 2 rings (SSSR count). The summed E-state index contributed by atoms with van der Waals surface area (Å²) in [5.74, 6) is -0.0564. The molecule has 19 heavy (non-hydrogen) atoms. The second kappa shape index (κ2) is 5.87. The number of hydrogen-bond acceptors (Lipinski definition) is 4. The van der Waals surface area contributed by atoms with Crippen molar-refractivity contribution in [1.82, 2.24) is 4.98 Å². The van der Waals surface area contributed by atoms with Gasteiger partial charge < -0.3 is 0 Å². The number of carbonyl (C=O) groups is 1. The second-order valence-electron chi connectivity index (χ2n) is 3.77. The molecule has 0 bridgehead atoms. The minimum Gasteiger partial charge on any atom is -0.294 e. The molecule has 2 aromatic rings. The normalized spacial score (nSPS) is 9.95. The fourth-order valence-corrected chi connectivity index (χ4v) is 2.75. The van der Waals surface area contributed by atoms with Gasteiger partial charge in [0, 0.05) is 16.7 Å². The predicted molar refractivity (Wildman–Crippen MR) is 74.5 cm³/mol. The summed E-state index contributed by atoms with van der Waals surface area (Å²) >= 11 is 7.33. The molecule has 0 unspecified atom stereocenters. The molecule has 0 aliphatic heterocycles. The third-order valence-electron chi connectivity index (χ3n) is 2.42. The Bertz CT molecular complexity index is 679. The zero-order valence-electron chi connectivity index (χ0n) is 10.1. The average molecular weight is 289 g/mol. The van der Waals surface area contributed by atoms with E-state index in [1.165, 1.54) is 18.7 Å². The Hall–Kier alpha value is -1.83. The summed E-state index contributed by atoms with van der Waals surface area (Å²) in [6.07, 6.45) is 1.63. The summed E-state index contributed by atoms with van der Waals surface area (Å²) in [7, 11) is 0. The van der Waals surface area contributed by atoms with Gasteiger partial charge in [0.05, 0.1) is 16.7 Å². The predicted octanol–water partition coefficient (Wildman–Crippen LogP) is 3.96. The number of carbonyl (C=O) groups excluding carboxylic acids is 1. The molecule has 0 aliphatic rings. The molecule has 0 N–H and O–H groups in total. The van der Waals surface area contributed by atoms with Crippen LogP contribution in [0.5, 0.6) is 0 Å². The number of Topliss-reactive ketones (excluding diaryl/α,β-unsaturated/α-hetero) is 1. The van der Waals surface area contributed by atoms with Gasteiger partial charge in [-0.15, -0.1) is 0 Å². The number of nitrogens with zero attached hydrogens (tertiary/aromatic N) is 2. The van der Waals surface area contributed by atoms with E-state index in [1.807, 2.05) is 0 Å². The molecule has 0 atom stereocenters. The molecule has 94 valence electrons. The Morgan fingerprint density at radius 3 is 2.84 bits per heavy atom. The van der Waals surface area contributed by atoms with Crippen LogP contribution in [-0.4, -0.2) is 10.8 Å². The minimum absolute atomic E-state index is 0.0564. The van der Waals surface area contributed by atoms with Crippen LogP contribution in [0.15, 0.2) is 46.5 Å². The highest BCUT2D eigenvalue weighted by Crippen LogP contribution is 2.34. The van der Waals surface area contributed by atoms with Crippen LogP contribution in [0, 0.1) is 11.3 Å². The Labute approximate surface area is 120 Å². The molecule has 0 saturated carbocycles. The Balaban J connectivity index is 2.46. The largest absolute Gasteiger partial charge is 0.294 e. The van der Waals surface area contributed by atoms with Crippen molar-refractivity contribution in [2.45, 2.75) is 16.8 Å². The van der Waals surface area contributed by atoms with E-state index < -0.39 is 0 Å². The average Bonchev–Trinajstić information content (AvgIpc) is 2.41. The molecule has 0 aliphatic carbocycles. The molecule has 0 amide bonds. The van der Waals surface area contributed by atoms with Gasteiger partial charge >= 0.3 is 0 Å². The lowest BCUT2D eigenvalue weighted by Crippen LogP contribution is -1.96. The Morgan fingerprint density at radius 1 is 1.42 bits per heavy atom. The summed E-state index contributed by atoms with van der Waals surface area (Å²) in [5, 5.41) is 10.1. The molecule has 1 heterocycles. The van der Waals surface area contributed by atoms with Crippen LogP contribution in [0.4, 0.5) is 0 Å². The van der Waals surface area contributed by atoms with Crippen molar-refractivity contribution in [2.75, 3.05) is 0 Å². The maximum Gasteiger partial charge on any atom is 0.160 e. The number of halogens is 1. The van der Waals surface area contributed by atoms with Crippen LogP contribution in [0.1, 0.15) is 22.8 Å². The zero-order chi connectivity index (χ0) is 13.8. The third-order valence-corrected chi connectivity index (χ3v) is 3.91. The lowest BCUT2D eigenvalue weighted by molar-refractivity contribution is 0.101. The van der Waals surface area contributed by atoms with Gasteiger partial charge in [-0.05, 0) is 37.3 Å². The first-order chi connectivity index (χ1) is 9.11. The standard InChI is InChI=1S/C14H9ClN2OS/c1-9(18)11-5-4-10(8-16)7-13(11)19-14-12(15)3-2-6-17-14/h2-7H,1H3. The van der Waals surface area contributed by atoms with Crippen LogP contribution in [0.3, 0.4) is 0 Å². The zero-order valence-corrected chi connectivity index (χ0v) is 11.6. The fourth-order valence-electron chi connectivity index (χ4n) is 1.52. The van der Waals surface area contributed by atoms with E-state index in [0.717, 1.165) is 0 Å². The van der Waals surface area contributed by atoms with E-state index in [2.05, 4.69) is 11.1 Å². The first-order valence-corrected chi connectivity index (χ1v) is 6.64. The number of benzene rings is 1. The van der Waals surface area contributed by atoms with Crippen molar-refractivity contribution in [3.63, 3.8) is 0 Å². The fraction of sp³-hybridized carbons (Fsp3) is 0.0714. The van der Waals surface area contributed by atoms with Gasteiger partial charge in [0.25, 0.3) is 0 Å². The molecule has 1 aromatic heterocycles. The topological polar surface area (TPSA) is 53.8 Å². The van der Waals surface area contributed by atoms with Gasteiger partial charge in [0.15, 0.2) is 5.78 Å². The van der Waals surface area contributed by atoms with E-state index in [0.29, 0.717) is 26.1 Å². The highest BCUT2D eigenvalue weighted by molar-refractivity contribution is 7.99. The molecule has 0 radical (unpaired) electrons. The second-order valence-corrected chi connectivity index (χ2v) is 5.21. The maximum atomic E-state index is 11.6. The van der Waals surface area contributed by atoms with Crippen LogP contribution in [0.2, 0.25) is 5.02 Å².